The molecule has 0 radical (unpaired) electrons. The lowest BCUT2D eigenvalue weighted by atomic mass is 10.2. The van der Waals surface area contributed by atoms with Crippen LogP contribution in [0.2, 0.25) is 0 Å². The van der Waals surface area contributed by atoms with Crippen LogP contribution in [0.4, 0.5) is 11.8 Å². The highest BCUT2D eigenvalue weighted by Gasteiger charge is 2.21. The van der Waals surface area contributed by atoms with Gasteiger partial charge in [-0.1, -0.05) is 0 Å². The van der Waals surface area contributed by atoms with Crippen molar-refractivity contribution in [3.63, 3.8) is 0 Å². The number of hydrogen-bond acceptors (Lipinski definition) is 5. The van der Waals surface area contributed by atoms with Crippen molar-refractivity contribution in [3.05, 3.63) is 11.8 Å². The topological polar surface area (TPSA) is 78.9 Å². The third kappa shape index (κ3) is 2.21. The summed E-state index contributed by atoms with van der Waals surface area (Å²) in [5.41, 5.74) is 0.971. The third-order valence-electron chi connectivity index (χ3n) is 2.51. The monoisotopic (exact) mass is 221 g/mol. The maximum absolute atomic E-state index is 11.1. The van der Waals surface area contributed by atoms with E-state index in [1.165, 1.54) is 0 Å². The first-order valence-corrected chi connectivity index (χ1v) is 5.23. The van der Waals surface area contributed by atoms with Crippen molar-refractivity contribution >= 4 is 17.7 Å². The summed E-state index contributed by atoms with van der Waals surface area (Å²) < 4.78 is 0. The highest BCUT2D eigenvalue weighted by Crippen LogP contribution is 2.15. The quantitative estimate of drug-likeness (QED) is 0.676. The second-order valence-corrected chi connectivity index (χ2v) is 3.82. The van der Waals surface area contributed by atoms with E-state index in [0.717, 1.165) is 11.4 Å². The fraction of sp³-hybridized carbons (Fsp3) is 0.500. The number of aryl methyl sites for hydroxylation is 1. The first-order valence-electron chi connectivity index (χ1n) is 5.23. The van der Waals surface area contributed by atoms with Crippen molar-refractivity contribution in [2.45, 2.75) is 19.4 Å². The van der Waals surface area contributed by atoms with Crippen LogP contribution in [-0.4, -0.2) is 35.5 Å². The lowest BCUT2D eigenvalue weighted by molar-refractivity contribution is -0.119. The van der Waals surface area contributed by atoms with E-state index in [9.17, 15) is 4.79 Å². The number of rotatable bonds is 3. The van der Waals surface area contributed by atoms with Crippen LogP contribution in [0.3, 0.4) is 0 Å². The predicted molar refractivity (Wildman–Crippen MR) is 61.4 cm³/mol. The van der Waals surface area contributed by atoms with Crippen molar-refractivity contribution in [2.75, 3.05) is 24.2 Å². The van der Waals surface area contributed by atoms with E-state index in [2.05, 4.69) is 25.9 Å². The Labute approximate surface area is 93.9 Å². The van der Waals surface area contributed by atoms with Crippen LogP contribution in [0.15, 0.2) is 6.20 Å². The number of aromatic nitrogens is 2. The summed E-state index contributed by atoms with van der Waals surface area (Å²) in [6.45, 7) is 2.59. The minimum absolute atomic E-state index is 0.0815. The minimum Gasteiger partial charge on any atom is -0.365 e. The lowest BCUT2D eigenvalue weighted by Gasteiger charge is -2.13. The van der Waals surface area contributed by atoms with Crippen molar-refractivity contribution in [1.29, 1.82) is 0 Å². The van der Waals surface area contributed by atoms with Crippen LogP contribution >= 0.6 is 0 Å². The highest BCUT2D eigenvalue weighted by molar-refractivity contribution is 5.79. The molecular formula is C10H15N5O. The molecule has 2 heterocycles. The van der Waals surface area contributed by atoms with Crippen LogP contribution in [0.1, 0.15) is 12.0 Å². The third-order valence-corrected chi connectivity index (χ3v) is 2.51. The smallest absolute Gasteiger partial charge is 0.224 e. The Kier molecular flexibility index (Phi) is 2.89. The molecule has 1 unspecified atom stereocenters. The van der Waals surface area contributed by atoms with Gasteiger partial charge >= 0.3 is 0 Å². The van der Waals surface area contributed by atoms with Crippen molar-refractivity contribution < 1.29 is 4.79 Å². The van der Waals surface area contributed by atoms with Crippen LogP contribution < -0.4 is 16.0 Å². The van der Waals surface area contributed by atoms with Gasteiger partial charge in [-0.25, -0.2) is 4.98 Å². The van der Waals surface area contributed by atoms with Gasteiger partial charge < -0.3 is 16.0 Å². The summed E-state index contributed by atoms with van der Waals surface area (Å²) in [6.07, 6.45) is 2.25. The van der Waals surface area contributed by atoms with Gasteiger partial charge in [0.05, 0.1) is 6.04 Å². The molecule has 1 aromatic rings. The van der Waals surface area contributed by atoms with E-state index in [4.69, 9.17) is 0 Å². The number of hydrogen-bond donors (Lipinski definition) is 3. The van der Waals surface area contributed by atoms with Gasteiger partial charge in [0.1, 0.15) is 5.82 Å². The fourth-order valence-electron chi connectivity index (χ4n) is 1.61. The van der Waals surface area contributed by atoms with E-state index in [1.807, 2.05) is 6.92 Å². The molecular weight excluding hydrogens is 206 g/mol. The summed E-state index contributed by atoms with van der Waals surface area (Å²) in [4.78, 5) is 19.5. The number of carbonyl (C=O) groups excluding carboxylic acids is 1. The Hall–Kier alpha value is -1.85. The van der Waals surface area contributed by atoms with Crippen LogP contribution in [0.5, 0.6) is 0 Å². The molecule has 6 heteroatoms. The normalized spacial score (nSPS) is 19.4. The minimum atomic E-state index is 0.0815. The van der Waals surface area contributed by atoms with E-state index in [-0.39, 0.29) is 11.9 Å². The second-order valence-electron chi connectivity index (χ2n) is 3.82. The molecule has 1 amide bonds. The molecule has 3 N–H and O–H groups in total. The average molecular weight is 221 g/mol. The predicted octanol–water partition coefficient (Wildman–Crippen LogP) is 0.127. The summed E-state index contributed by atoms with van der Waals surface area (Å²) in [5, 5.41) is 8.90. The highest BCUT2D eigenvalue weighted by atomic mass is 16.1. The van der Waals surface area contributed by atoms with E-state index in [1.54, 1.807) is 13.2 Å². The summed E-state index contributed by atoms with van der Waals surface area (Å²) in [7, 11) is 1.77. The molecule has 16 heavy (non-hydrogen) atoms. The first kappa shape index (κ1) is 10.7. The van der Waals surface area contributed by atoms with Gasteiger partial charge in [0, 0.05) is 31.8 Å². The zero-order valence-electron chi connectivity index (χ0n) is 9.37. The van der Waals surface area contributed by atoms with Crippen molar-refractivity contribution in [3.8, 4) is 0 Å². The first-order chi connectivity index (χ1) is 7.69. The van der Waals surface area contributed by atoms with Gasteiger partial charge in [0.25, 0.3) is 0 Å². The Balaban J connectivity index is 2.11. The van der Waals surface area contributed by atoms with Crippen molar-refractivity contribution in [2.24, 2.45) is 0 Å². The SMILES string of the molecule is CNc1ncc(C)c(NC2CNC(=O)C2)n1. The van der Waals surface area contributed by atoms with Crippen molar-refractivity contribution in [1.82, 2.24) is 15.3 Å². The van der Waals surface area contributed by atoms with Gasteiger partial charge in [-0.15, -0.1) is 0 Å². The number of nitrogens with zero attached hydrogens (tertiary/aromatic N) is 2. The van der Waals surface area contributed by atoms with E-state index < -0.39 is 0 Å². The Morgan fingerprint density at radius 3 is 3.00 bits per heavy atom. The van der Waals surface area contributed by atoms with Gasteiger partial charge in [-0.3, -0.25) is 4.79 Å². The number of carbonyl (C=O) groups is 1. The Morgan fingerprint density at radius 1 is 1.56 bits per heavy atom. The molecule has 1 aliphatic heterocycles. The Bertz CT molecular complexity index is 406. The molecule has 1 fully saturated rings. The molecule has 6 nitrogen and oxygen atoms in total. The van der Waals surface area contributed by atoms with Crippen LogP contribution in [0.25, 0.3) is 0 Å². The lowest BCUT2D eigenvalue weighted by Crippen LogP contribution is -2.23. The van der Waals surface area contributed by atoms with E-state index in [0.29, 0.717) is 18.9 Å². The average Bonchev–Trinajstić information content (AvgIpc) is 2.67. The molecule has 0 aromatic carbocycles. The molecule has 2 rings (SSSR count). The van der Waals surface area contributed by atoms with Gasteiger partial charge in [0.15, 0.2) is 0 Å². The van der Waals surface area contributed by atoms with Gasteiger partial charge in [-0.2, -0.15) is 4.98 Å². The molecule has 0 spiro atoms. The van der Waals surface area contributed by atoms with E-state index >= 15 is 0 Å². The molecule has 1 saturated heterocycles. The summed E-state index contributed by atoms with van der Waals surface area (Å²) in [5.74, 6) is 1.43. The molecule has 1 aliphatic rings. The summed E-state index contributed by atoms with van der Waals surface area (Å²) in [6, 6.07) is 0.116. The zero-order valence-corrected chi connectivity index (χ0v) is 9.37. The maximum Gasteiger partial charge on any atom is 0.224 e. The largest absolute Gasteiger partial charge is 0.365 e. The van der Waals surface area contributed by atoms with Crippen LogP contribution in [-0.2, 0) is 4.79 Å². The molecule has 1 atom stereocenters. The number of nitrogens with one attached hydrogen (secondary N) is 3. The molecule has 0 saturated carbocycles. The number of anilines is 2. The van der Waals surface area contributed by atoms with Gasteiger partial charge in [-0.05, 0) is 6.92 Å². The number of amides is 1. The molecule has 0 bridgehead atoms. The Morgan fingerprint density at radius 2 is 2.38 bits per heavy atom. The summed E-state index contributed by atoms with van der Waals surface area (Å²) >= 11 is 0. The van der Waals surface area contributed by atoms with Crippen LogP contribution in [0, 0.1) is 6.92 Å². The zero-order chi connectivity index (χ0) is 11.5. The molecule has 86 valence electrons. The molecule has 0 aliphatic carbocycles. The fourth-order valence-corrected chi connectivity index (χ4v) is 1.61. The standard InChI is InChI=1S/C10H15N5O/c1-6-4-13-10(11-2)15-9(6)14-7-3-8(16)12-5-7/h4,7H,3,5H2,1-2H3,(H,12,16)(H2,11,13,14,15). The second kappa shape index (κ2) is 4.34. The molecule has 1 aromatic heterocycles. The van der Waals surface area contributed by atoms with Gasteiger partial charge in [0.2, 0.25) is 11.9 Å². The maximum atomic E-state index is 11.1.